The van der Waals surface area contributed by atoms with E-state index in [0.717, 1.165) is 35.4 Å². The number of carbonyl (C=O) groups is 2. The van der Waals surface area contributed by atoms with E-state index in [4.69, 9.17) is 9.47 Å². The van der Waals surface area contributed by atoms with Gasteiger partial charge in [0.15, 0.2) is 11.5 Å². The lowest BCUT2D eigenvalue weighted by molar-refractivity contribution is -0.131. The predicted octanol–water partition coefficient (Wildman–Crippen LogP) is 4.81. The summed E-state index contributed by atoms with van der Waals surface area (Å²) in [6.45, 7) is 9.94. The Morgan fingerprint density at radius 1 is 0.903 bits per heavy atom. The van der Waals surface area contributed by atoms with Gasteiger partial charge in [-0.1, -0.05) is 32.0 Å². The van der Waals surface area contributed by atoms with Crippen LogP contribution in [0.15, 0.2) is 42.5 Å². The molecule has 0 aromatic heterocycles. The van der Waals surface area contributed by atoms with Crippen molar-refractivity contribution in [3.63, 3.8) is 0 Å². The van der Waals surface area contributed by atoms with Crippen LogP contribution in [0.3, 0.4) is 0 Å². The highest BCUT2D eigenvalue weighted by Crippen LogP contribution is 2.29. The molecule has 0 heterocycles. The number of carbonyl (C=O) groups excluding carboxylic acids is 2. The first kappa shape index (κ1) is 24.3. The molecule has 1 N–H and O–H groups in total. The van der Waals surface area contributed by atoms with Crippen molar-refractivity contribution in [2.24, 2.45) is 0 Å². The lowest BCUT2D eigenvalue weighted by atomic mass is 10.1. The van der Waals surface area contributed by atoms with Gasteiger partial charge in [-0.15, -0.1) is 0 Å². The minimum Gasteiger partial charge on any atom is -0.490 e. The van der Waals surface area contributed by atoms with Gasteiger partial charge >= 0.3 is 0 Å². The number of nitrogens with one attached hydrogen (secondary N) is 1. The van der Waals surface area contributed by atoms with Crippen molar-refractivity contribution in [2.75, 3.05) is 25.1 Å². The maximum Gasteiger partial charge on any atom is 0.227 e. The summed E-state index contributed by atoms with van der Waals surface area (Å²) in [5.41, 5.74) is 2.65. The van der Waals surface area contributed by atoms with Crippen molar-refractivity contribution in [2.45, 2.75) is 53.5 Å². The second-order valence-electron chi connectivity index (χ2n) is 7.43. The summed E-state index contributed by atoms with van der Waals surface area (Å²) in [4.78, 5) is 26.0. The molecule has 0 saturated heterocycles. The molecule has 0 unspecified atom stereocenters. The molecule has 168 valence electrons. The van der Waals surface area contributed by atoms with Crippen molar-refractivity contribution >= 4 is 17.5 Å². The fraction of sp³-hybridized carbons (Fsp3) is 0.440. The van der Waals surface area contributed by atoms with Gasteiger partial charge < -0.3 is 19.7 Å². The first-order valence-electron chi connectivity index (χ1n) is 11.0. The van der Waals surface area contributed by atoms with Crippen molar-refractivity contribution in [1.29, 1.82) is 0 Å². The third-order valence-corrected chi connectivity index (χ3v) is 4.62. The Balaban J connectivity index is 2.09. The summed E-state index contributed by atoms with van der Waals surface area (Å²) >= 11 is 0. The first-order valence-corrected chi connectivity index (χ1v) is 11.0. The molecule has 0 spiro atoms. The van der Waals surface area contributed by atoms with Crippen LogP contribution in [-0.2, 0) is 22.6 Å². The summed E-state index contributed by atoms with van der Waals surface area (Å²) in [7, 11) is 0. The normalized spacial score (nSPS) is 10.5. The fourth-order valence-electron chi connectivity index (χ4n) is 3.23. The Morgan fingerprint density at radius 3 is 2.23 bits per heavy atom. The van der Waals surface area contributed by atoms with Crippen LogP contribution in [0.4, 0.5) is 5.69 Å². The average molecular weight is 427 g/mol. The highest BCUT2D eigenvalue weighted by Gasteiger charge is 2.16. The topological polar surface area (TPSA) is 67.9 Å². The fourth-order valence-corrected chi connectivity index (χ4v) is 3.23. The van der Waals surface area contributed by atoms with Crippen LogP contribution in [0.1, 0.15) is 51.7 Å². The quantitative estimate of drug-likeness (QED) is 0.529. The summed E-state index contributed by atoms with van der Waals surface area (Å²) in [5, 5.41) is 2.74. The molecule has 0 aliphatic rings. The van der Waals surface area contributed by atoms with Crippen LogP contribution >= 0.6 is 0 Å². The van der Waals surface area contributed by atoms with Crippen LogP contribution < -0.4 is 14.8 Å². The molecule has 0 aliphatic heterocycles. The molecule has 2 aromatic carbocycles. The zero-order valence-corrected chi connectivity index (χ0v) is 19.1. The van der Waals surface area contributed by atoms with Gasteiger partial charge in [0, 0.05) is 25.7 Å². The van der Waals surface area contributed by atoms with Crippen LogP contribution in [0.25, 0.3) is 0 Å². The average Bonchev–Trinajstić information content (AvgIpc) is 2.74. The van der Waals surface area contributed by atoms with E-state index in [0.29, 0.717) is 38.5 Å². The van der Waals surface area contributed by atoms with Crippen LogP contribution in [0.5, 0.6) is 11.5 Å². The minimum absolute atomic E-state index is 0.0680. The van der Waals surface area contributed by atoms with E-state index in [2.05, 4.69) is 19.2 Å². The van der Waals surface area contributed by atoms with Crippen LogP contribution in [-0.4, -0.2) is 36.5 Å². The van der Waals surface area contributed by atoms with Gasteiger partial charge in [-0.05, 0) is 55.2 Å². The molecule has 2 aromatic rings. The molecular weight excluding hydrogens is 392 g/mol. The van der Waals surface area contributed by atoms with Gasteiger partial charge in [-0.25, -0.2) is 0 Å². The smallest absolute Gasteiger partial charge is 0.227 e. The standard InChI is InChI=1S/C25H34N2O4/c1-5-14-27(25(29)17-20-8-11-22(12-9-20)26-19(4)28)18-21-10-13-23(31-15-6-2)24(16-21)30-7-3/h8-13,16H,5-7,14-15,17-18H2,1-4H3,(H,26,28). The number of hydrogen-bond donors (Lipinski definition) is 1. The SMILES string of the molecule is CCCOc1ccc(CN(CCC)C(=O)Cc2ccc(NC(C)=O)cc2)cc1OCC. The molecule has 6 heteroatoms. The number of nitrogens with zero attached hydrogens (tertiary/aromatic N) is 1. The van der Waals surface area contributed by atoms with E-state index in [-0.39, 0.29) is 11.8 Å². The lowest BCUT2D eigenvalue weighted by Gasteiger charge is -2.23. The molecule has 6 nitrogen and oxygen atoms in total. The third-order valence-electron chi connectivity index (χ3n) is 4.62. The molecule has 0 radical (unpaired) electrons. The van der Waals surface area contributed by atoms with E-state index >= 15 is 0 Å². The highest BCUT2D eigenvalue weighted by molar-refractivity contribution is 5.88. The van der Waals surface area contributed by atoms with E-state index in [1.807, 2.05) is 54.3 Å². The Labute approximate surface area is 185 Å². The molecule has 0 aliphatic carbocycles. The maximum atomic E-state index is 13.0. The van der Waals surface area contributed by atoms with Gasteiger partial charge in [0.2, 0.25) is 11.8 Å². The second kappa shape index (κ2) is 12.6. The van der Waals surface area contributed by atoms with E-state index in [1.54, 1.807) is 0 Å². The number of amides is 2. The molecule has 2 rings (SSSR count). The molecule has 0 fully saturated rings. The summed E-state index contributed by atoms with van der Waals surface area (Å²) in [6, 6.07) is 13.3. The highest BCUT2D eigenvalue weighted by atomic mass is 16.5. The van der Waals surface area contributed by atoms with Crippen molar-refractivity contribution < 1.29 is 19.1 Å². The molecule has 31 heavy (non-hydrogen) atoms. The maximum absolute atomic E-state index is 13.0. The van der Waals surface area contributed by atoms with Crippen LogP contribution in [0.2, 0.25) is 0 Å². The lowest BCUT2D eigenvalue weighted by Crippen LogP contribution is -2.32. The number of hydrogen-bond acceptors (Lipinski definition) is 4. The number of benzene rings is 2. The van der Waals surface area contributed by atoms with E-state index < -0.39 is 0 Å². The van der Waals surface area contributed by atoms with E-state index in [1.165, 1.54) is 6.92 Å². The summed E-state index contributed by atoms with van der Waals surface area (Å²) in [6.07, 6.45) is 2.12. The summed E-state index contributed by atoms with van der Waals surface area (Å²) < 4.78 is 11.5. The molecule has 0 atom stereocenters. The zero-order valence-electron chi connectivity index (χ0n) is 19.1. The largest absolute Gasteiger partial charge is 0.490 e. The van der Waals surface area contributed by atoms with Gasteiger partial charge in [-0.2, -0.15) is 0 Å². The monoisotopic (exact) mass is 426 g/mol. The van der Waals surface area contributed by atoms with Gasteiger partial charge in [0.05, 0.1) is 19.6 Å². The Bertz CT molecular complexity index is 849. The molecular formula is C25H34N2O4. The minimum atomic E-state index is -0.115. The molecule has 0 saturated carbocycles. The third kappa shape index (κ3) is 7.96. The number of ether oxygens (including phenoxy) is 2. The first-order chi connectivity index (χ1) is 15.0. The molecule has 0 bridgehead atoms. The molecule has 2 amide bonds. The predicted molar refractivity (Wildman–Crippen MR) is 124 cm³/mol. The van der Waals surface area contributed by atoms with Crippen molar-refractivity contribution in [3.05, 3.63) is 53.6 Å². The van der Waals surface area contributed by atoms with E-state index in [9.17, 15) is 9.59 Å². The number of anilines is 1. The van der Waals surface area contributed by atoms with Gasteiger partial charge in [-0.3, -0.25) is 9.59 Å². The Kier molecular flexibility index (Phi) is 9.88. The second-order valence-corrected chi connectivity index (χ2v) is 7.43. The van der Waals surface area contributed by atoms with Gasteiger partial charge in [0.1, 0.15) is 0 Å². The van der Waals surface area contributed by atoms with Crippen molar-refractivity contribution in [1.82, 2.24) is 4.90 Å². The van der Waals surface area contributed by atoms with Gasteiger partial charge in [0.25, 0.3) is 0 Å². The van der Waals surface area contributed by atoms with Crippen LogP contribution in [0, 0.1) is 0 Å². The number of rotatable bonds is 12. The van der Waals surface area contributed by atoms with Crippen molar-refractivity contribution in [3.8, 4) is 11.5 Å². The Hall–Kier alpha value is -3.02. The summed E-state index contributed by atoms with van der Waals surface area (Å²) in [5.74, 6) is 1.40. The Morgan fingerprint density at radius 2 is 1.61 bits per heavy atom. The zero-order chi connectivity index (χ0) is 22.6.